The molecule has 6 heteroatoms. The molecule has 2 aromatic carbocycles. The number of methoxy groups -OCH3 is 1. The van der Waals surface area contributed by atoms with Gasteiger partial charge in [-0.25, -0.2) is 0 Å². The first kappa shape index (κ1) is 18.8. The Morgan fingerprint density at radius 3 is 2.52 bits per heavy atom. The van der Waals surface area contributed by atoms with Crippen LogP contribution in [0, 0.1) is 5.92 Å². The van der Waals surface area contributed by atoms with E-state index in [1.165, 1.54) is 0 Å². The molecule has 2 aromatic rings. The molecule has 0 saturated carbocycles. The quantitative estimate of drug-likeness (QED) is 0.848. The number of nitrogens with zero attached hydrogens (tertiary/aromatic N) is 1. The van der Waals surface area contributed by atoms with E-state index in [4.69, 9.17) is 9.47 Å². The van der Waals surface area contributed by atoms with Crippen molar-refractivity contribution in [3.63, 3.8) is 0 Å². The van der Waals surface area contributed by atoms with Crippen molar-refractivity contribution in [1.29, 1.82) is 0 Å². The highest BCUT2D eigenvalue weighted by Crippen LogP contribution is 2.29. The molecule has 142 valence electrons. The van der Waals surface area contributed by atoms with Crippen LogP contribution in [0.3, 0.4) is 0 Å². The molecule has 1 fully saturated rings. The maximum atomic E-state index is 12.6. The maximum Gasteiger partial charge on any atom is 0.229 e. The summed E-state index contributed by atoms with van der Waals surface area (Å²) >= 11 is 0. The molecule has 1 heterocycles. The van der Waals surface area contributed by atoms with E-state index in [0.717, 1.165) is 11.4 Å². The van der Waals surface area contributed by atoms with E-state index in [1.807, 2.05) is 50.2 Å². The van der Waals surface area contributed by atoms with Crippen molar-refractivity contribution in [3.8, 4) is 11.5 Å². The minimum Gasteiger partial charge on any atom is -0.495 e. The fraction of sp³-hybridized carbons (Fsp3) is 0.333. The van der Waals surface area contributed by atoms with E-state index in [1.54, 1.807) is 24.1 Å². The Bertz CT molecular complexity index is 817. The predicted octanol–water partition coefficient (Wildman–Crippen LogP) is 3.47. The second-order valence-electron chi connectivity index (χ2n) is 6.76. The molecule has 0 spiro atoms. The van der Waals surface area contributed by atoms with Crippen molar-refractivity contribution in [2.45, 2.75) is 26.4 Å². The van der Waals surface area contributed by atoms with Crippen LogP contribution >= 0.6 is 0 Å². The standard InChI is InChI=1S/C21H24N2O4/c1-14(2)27-17-10-8-16(9-11-17)23-13-15(12-20(23)24)21(25)22-18-6-4-5-7-19(18)26-3/h4-11,14-15H,12-13H2,1-3H3,(H,22,25). The van der Waals surface area contributed by atoms with Crippen molar-refractivity contribution >= 4 is 23.2 Å². The Morgan fingerprint density at radius 2 is 1.85 bits per heavy atom. The van der Waals surface area contributed by atoms with Gasteiger partial charge in [-0.3, -0.25) is 9.59 Å². The summed E-state index contributed by atoms with van der Waals surface area (Å²) in [4.78, 5) is 26.7. The number of hydrogen-bond donors (Lipinski definition) is 1. The van der Waals surface area contributed by atoms with E-state index in [-0.39, 0.29) is 24.3 Å². The summed E-state index contributed by atoms with van der Waals surface area (Å²) in [7, 11) is 1.55. The van der Waals surface area contributed by atoms with E-state index < -0.39 is 5.92 Å². The molecule has 0 aliphatic carbocycles. The second-order valence-corrected chi connectivity index (χ2v) is 6.76. The normalized spacial score (nSPS) is 16.5. The highest BCUT2D eigenvalue weighted by Gasteiger charge is 2.35. The molecule has 3 rings (SSSR count). The number of carbonyl (C=O) groups excluding carboxylic acids is 2. The lowest BCUT2D eigenvalue weighted by Crippen LogP contribution is -2.28. The molecule has 0 radical (unpaired) electrons. The Labute approximate surface area is 159 Å². The maximum absolute atomic E-state index is 12.6. The SMILES string of the molecule is COc1ccccc1NC(=O)C1CC(=O)N(c2ccc(OC(C)C)cc2)C1. The molecular formula is C21H24N2O4. The summed E-state index contributed by atoms with van der Waals surface area (Å²) in [5.41, 5.74) is 1.37. The number of amides is 2. The van der Waals surface area contributed by atoms with Crippen molar-refractivity contribution in [2.24, 2.45) is 5.92 Å². The van der Waals surface area contributed by atoms with Gasteiger partial charge in [0, 0.05) is 18.7 Å². The lowest BCUT2D eigenvalue weighted by atomic mass is 10.1. The predicted molar refractivity (Wildman–Crippen MR) is 104 cm³/mol. The number of hydrogen-bond acceptors (Lipinski definition) is 4. The fourth-order valence-corrected chi connectivity index (χ4v) is 3.09. The third-order valence-electron chi connectivity index (χ3n) is 4.38. The lowest BCUT2D eigenvalue weighted by molar-refractivity contribution is -0.122. The minimum atomic E-state index is -0.408. The summed E-state index contributed by atoms with van der Waals surface area (Å²) in [6.07, 6.45) is 0.276. The van der Waals surface area contributed by atoms with Crippen molar-refractivity contribution in [3.05, 3.63) is 48.5 Å². The zero-order valence-electron chi connectivity index (χ0n) is 15.8. The van der Waals surface area contributed by atoms with E-state index in [2.05, 4.69) is 5.32 Å². The van der Waals surface area contributed by atoms with Crippen LogP contribution in [0.25, 0.3) is 0 Å². The molecule has 1 atom stereocenters. The van der Waals surface area contributed by atoms with Gasteiger partial charge in [-0.1, -0.05) is 12.1 Å². The number of nitrogens with one attached hydrogen (secondary N) is 1. The fourth-order valence-electron chi connectivity index (χ4n) is 3.09. The number of carbonyl (C=O) groups is 2. The van der Waals surface area contributed by atoms with Crippen molar-refractivity contribution < 1.29 is 19.1 Å². The van der Waals surface area contributed by atoms with Gasteiger partial charge in [0.05, 0.1) is 24.8 Å². The lowest BCUT2D eigenvalue weighted by Gasteiger charge is -2.18. The zero-order chi connectivity index (χ0) is 19.4. The van der Waals surface area contributed by atoms with Gasteiger partial charge in [0.25, 0.3) is 0 Å². The van der Waals surface area contributed by atoms with Crippen molar-refractivity contribution in [1.82, 2.24) is 0 Å². The van der Waals surface area contributed by atoms with Gasteiger partial charge in [-0.05, 0) is 50.2 Å². The molecule has 6 nitrogen and oxygen atoms in total. The Balaban J connectivity index is 1.67. The summed E-state index contributed by atoms with van der Waals surface area (Å²) in [5.74, 6) is 0.690. The average Bonchev–Trinajstić information content (AvgIpc) is 3.04. The van der Waals surface area contributed by atoms with Crippen LogP contribution in [0.2, 0.25) is 0 Å². The molecule has 1 saturated heterocycles. The van der Waals surface area contributed by atoms with Crippen LogP contribution < -0.4 is 19.7 Å². The molecule has 1 aliphatic heterocycles. The number of ether oxygens (including phenoxy) is 2. The topological polar surface area (TPSA) is 67.9 Å². The second kappa shape index (κ2) is 8.12. The molecule has 0 bridgehead atoms. The van der Waals surface area contributed by atoms with Gasteiger partial charge in [0.15, 0.2) is 0 Å². The molecule has 1 aliphatic rings. The van der Waals surface area contributed by atoms with Gasteiger partial charge >= 0.3 is 0 Å². The van der Waals surface area contributed by atoms with Crippen LogP contribution in [0.5, 0.6) is 11.5 Å². The van der Waals surface area contributed by atoms with E-state index in [0.29, 0.717) is 18.0 Å². The molecular weight excluding hydrogens is 344 g/mol. The van der Waals surface area contributed by atoms with Crippen molar-refractivity contribution in [2.75, 3.05) is 23.9 Å². The minimum absolute atomic E-state index is 0.0623. The zero-order valence-corrected chi connectivity index (χ0v) is 15.8. The number of benzene rings is 2. The summed E-state index contributed by atoms with van der Waals surface area (Å²) in [5, 5.41) is 2.86. The van der Waals surface area contributed by atoms with Gasteiger partial charge in [-0.15, -0.1) is 0 Å². The molecule has 1 N–H and O–H groups in total. The third-order valence-corrected chi connectivity index (χ3v) is 4.38. The highest BCUT2D eigenvalue weighted by atomic mass is 16.5. The molecule has 0 aromatic heterocycles. The number of anilines is 2. The first-order valence-corrected chi connectivity index (χ1v) is 8.99. The Kier molecular flexibility index (Phi) is 5.64. The van der Waals surface area contributed by atoms with Crippen LogP contribution in [0.15, 0.2) is 48.5 Å². The van der Waals surface area contributed by atoms with Crippen LogP contribution in [-0.4, -0.2) is 31.6 Å². The summed E-state index contributed by atoms with van der Waals surface area (Å²) < 4.78 is 10.9. The Hall–Kier alpha value is -3.02. The van der Waals surface area contributed by atoms with Crippen LogP contribution in [0.4, 0.5) is 11.4 Å². The van der Waals surface area contributed by atoms with Gasteiger partial charge < -0.3 is 19.7 Å². The smallest absolute Gasteiger partial charge is 0.229 e. The van der Waals surface area contributed by atoms with E-state index >= 15 is 0 Å². The van der Waals surface area contributed by atoms with Gasteiger partial charge in [0.2, 0.25) is 11.8 Å². The molecule has 1 unspecified atom stereocenters. The molecule has 2 amide bonds. The third kappa shape index (κ3) is 4.39. The Morgan fingerprint density at radius 1 is 1.15 bits per heavy atom. The first-order valence-electron chi connectivity index (χ1n) is 8.99. The highest BCUT2D eigenvalue weighted by molar-refractivity contribution is 6.03. The summed E-state index contributed by atoms with van der Waals surface area (Å²) in [6, 6.07) is 14.6. The number of rotatable bonds is 6. The molecule has 27 heavy (non-hydrogen) atoms. The van der Waals surface area contributed by atoms with Crippen LogP contribution in [-0.2, 0) is 9.59 Å². The number of para-hydroxylation sites is 2. The monoisotopic (exact) mass is 368 g/mol. The van der Waals surface area contributed by atoms with E-state index in [9.17, 15) is 9.59 Å². The van der Waals surface area contributed by atoms with Crippen LogP contribution in [0.1, 0.15) is 20.3 Å². The average molecular weight is 368 g/mol. The summed E-state index contributed by atoms with van der Waals surface area (Å²) in [6.45, 7) is 4.27. The van der Waals surface area contributed by atoms with Gasteiger partial charge in [-0.2, -0.15) is 0 Å². The largest absolute Gasteiger partial charge is 0.495 e. The van der Waals surface area contributed by atoms with Gasteiger partial charge in [0.1, 0.15) is 11.5 Å². The first-order chi connectivity index (χ1) is 13.0.